The molecule has 1 aliphatic rings. The lowest BCUT2D eigenvalue weighted by Gasteiger charge is -2.32. The molecule has 51 heavy (non-hydrogen) atoms. The summed E-state index contributed by atoms with van der Waals surface area (Å²) in [5.41, 5.74) is 5.11. The number of nitrogens with one attached hydrogen (secondary N) is 1. The maximum absolute atomic E-state index is 14.6. The number of aliphatic imine (C=N–C) groups is 1. The summed E-state index contributed by atoms with van der Waals surface area (Å²) in [6.07, 6.45) is 0.447. The molecule has 278 valence electrons. The van der Waals surface area contributed by atoms with Crippen LogP contribution in [0.25, 0.3) is 5.52 Å². The number of anilines is 1. The zero-order chi connectivity index (χ0) is 37.2. The molecule has 1 unspecified atom stereocenters. The van der Waals surface area contributed by atoms with Gasteiger partial charge in [0.15, 0.2) is 23.6 Å². The Morgan fingerprint density at radius 2 is 1.76 bits per heavy atom. The molecule has 0 bridgehead atoms. The first-order chi connectivity index (χ1) is 24.4. The number of carbonyl (C=O) groups is 3. The van der Waals surface area contributed by atoms with E-state index in [1.165, 1.54) is 31.0 Å². The lowest BCUT2D eigenvalue weighted by Crippen LogP contribution is -2.52. The van der Waals surface area contributed by atoms with Crippen molar-refractivity contribution >= 4 is 43.2 Å². The van der Waals surface area contributed by atoms with Crippen LogP contribution in [-0.4, -0.2) is 82.8 Å². The number of nitrogen functional groups attached to an aromatic ring is 1. The molecule has 17 heteroatoms. The van der Waals surface area contributed by atoms with Crippen LogP contribution in [0, 0.1) is 5.92 Å². The lowest BCUT2D eigenvalue weighted by molar-refractivity contribution is -0.168. The minimum atomic E-state index is -4.46. The molecule has 1 saturated heterocycles. The van der Waals surface area contributed by atoms with Gasteiger partial charge < -0.3 is 29.2 Å². The SMILES string of the molecule is CCC(=O)O[C@H]1[C@H](c2ccc3c(N)ncnn23)O[C@](/C=N\C)(COP(=O)(N[C@@H](C)C(=O)OCC(CC)CC)Oc2ccccc2)[C@H]1OC(=O)CC. The number of nitrogens with zero attached hydrogens (tertiary/aromatic N) is 4. The molecule has 1 fully saturated rings. The highest BCUT2D eigenvalue weighted by Gasteiger charge is 2.61. The largest absolute Gasteiger partial charge is 0.464 e. The number of ether oxygens (including phenoxy) is 4. The molecule has 0 spiro atoms. The van der Waals surface area contributed by atoms with Gasteiger partial charge in [-0.2, -0.15) is 10.2 Å². The average molecular weight is 731 g/mol. The van der Waals surface area contributed by atoms with Gasteiger partial charge in [0.25, 0.3) is 0 Å². The molecule has 0 aliphatic carbocycles. The third-order valence-electron chi connectivity index (χ3n) is 8.43. The summed E-state index contributed by atoms with van der Waals surface area (Å²) >= 11 is 0. The van der Waals surface area contributed by atoms with Gasteiger partial charge in [-0.1, -0.05) is 58.7 Å². The molecule has 0 amide bonds. The molecule has 3 heterocycles. The summed E-state index contributed by atoms with van der Waals surface area (Å²) in [5, 5.41) is 6.99. The van der Waals surface area contributed by atoms with Gasteiger partial charge in [0.1, 0.15) is 29.7 Å². The molecular formula is C34H47N6O10P. The molecular weight excluding hydrogens is 683 g/mol. The molecule has 6 atom stereocenters. The summed E-state index contributed by atoms with van der Waals surface area (Å²) in [6, 6.07) is 10.4. The van der Waals surface area contributed by atoms with Crippen molar-refractivity contribution in [3.05, 3.63) is 54.5 Å². The second kappa shape index (κ2) is 17.7. The average Bonchev–Trinajstić information content (AvgIpc) is 3.68. The minimum absolute atomic E-state index is 0.00232. The van der Waals surface area contributed by atoms with Crippen molar-refractivity contribution in [2.45, 2.75) is 90.3 Å². The summed E-state index contributed by atoms with van der Waals surface area (Å²) in [7, 11) is -3.00. The Bertz CT molecular complexity index is 1720. The smallest absolute Gasteiger partial charge is 0.459 e. The highest BCUT2D eigenvalue weighted by molar-refractivity contribution is 7.52. The van der Waals surface area contributed by atoms with E-state index in [0.29, 0.717) is 11.2 Å². The van der Waals surface area contributed by atoms with Crippen LogP contribution in [0.5, 0.6) is 5.75 Å². The molecule has 1 aliphatic heterocycles. The van der Waals surface area contributed by atoms with Gasteiger partial charge in [0.2, 0.25) is 0 Å². The van der Waals surface area contributed by atoms with Gasteiger partial charge >= 0.3 is 25.7 Å². The van der Waals surface area contributed by atoms with E-state index >= 15 is 0 Å². The van der Waals surface area contributed by atoms with Crippen LogP contribution in [0.1, 0.15) is 72.1 Å². The molecule has 1 aromatic carbocycles. The zero-order valence-electron chi connectivity index (χ0n) is 29.7. The fourth-order valence-electron chi connectivity index (χ4n) is 5.49. The van der Waals surface area contributed by atoms with Crippen molar-refractivity contribution in [3.63, 3.8) is 0 Å². The quantitative estimate of drug-likeness (QED) is 0.0793. The van der Waals surface area contributed by atoms with E-state index in [1.807, 2.05) is 13.8 Å². The first-order valence-electron chi connectivity index (χ1n) is 16.9. The molecule has 3 aromatic rings. The van der Waals surface area contributed by atoms with Crippen LogP contribution < -0.4 is 15.3 Å². The third kappa shape index (κ3) is 9.50. The second-order valence-corrected chi connectivity index (χ2v) is 13.7. The molecule has 0 saturated carbocycles. The fourth-order valence-corrected chi connectivity index (χ4v) is 7.02. The molecule has 2 aromatic heterocycles. The van der Waals surface area contributed by atoms with Crippen LogP contribution in [0.3, 0.4) is 0 Å². The maximum atomic E-state index is 14.6. The number of esters is 3. The number of para-hydroxylation sites is 1. The van der Waals surface area contributed by atoms with Crippen molar-refractivity contribution in [2.75, 3.05) is 26.0 Å². The summed E-state index contributed by atoms with van der Waals surface area (Å²) in [6.45, 7) is 8.28. The predicted molar refractivity (Wildman–Crippen MR) is 187 cm³/mol. The van der Waals surface area contributed by atoms with Gasteiger partial charge in [0, 0.05) is 26.1 Å². The van der Waals surface area contributed by atoms with Crippen LogP contribution >= 0.6 is 7.75 Å². The third-order valence-corrected chi connectivity index (χ3v) is 10.1. The number of fused-ring (bicyclic) bond motifs is 1. The van der Waals surface area contributed by atoms with E-state index in [1.54, 1.807) is 56.3 Å². The van der Waals surface area contributed by atoms with Crippen molar-refractivity contribution in [2.24, 2.45) is 10.9 Å². The Hall–Kier alpha value is -4.37. The highest BCUT2D eigenvalue weighted by atomic mass is 31.2. The van der Waals surface area contributed by atoms with Crippen LogP contribution in [0.4, 0.5) is 5.82 Å². The van der Waals surface area contributed by atoms with Gasteiger partial charge in [-0.15, -0.1) is 0 Å². The maximum Gasteiger partial charge on any atom is 0.459 e. The lowest BCUT2D eigenvalue weighted by atomic mass is 9.95. The van der Waals surface area contributed by atoms with Crippen LogP contribution in [0.2, 0.25) is 0 Å². The Balaban J connectivity index is 1.75. The Morgan fingerprint density at radius 3 is 2.41 bits per heavy atom. The van der Waals surface area contributed by atoms with Gasteiger partial charge in [-0.25, -0.2) is 14.1 Å². The monoisotopic (exact) mass is 730 g/mol. The van der Waals surface area contributed by atoms with E-state index in [2.05, 4.69) is 20.2 Å². The van der Waals surface area contributed by atoms with Crippen molar-refractivity contribution in [1.82, 2.24) is 19.7 Å². The number of hydrogen-bond acceptors (Lipinski definition) is 14. The van der Waals surface area contributed by atoms with E-state index in [-0.39, 0.29) is 36.9 Å². The van der Waals surface area contributed by atoms with Gasteiger partial charge in [0.05, 0.1) is 18.9 Å². The first-order valence-corrected chi connectivity index (χ1v) is 18.5. The summed E-state index contributed by atoms with van der Waals surface area (Å²) in [4.78, 5) is 47.0. The fraction of sp³-hybridized carbons (Fsp3) is 0.529. The molecule has 4 rings (SSSR count). The Kier molecular flexibility index (Phi) is 13.7. The molecule has 3 N–H and O–H groups in total. The number of nitrogens with two attached hydrogens (primary N) is 1. The van der Waals surface area contributed by atoms with E-state index in [0.717, 1.165) is 12.8 Å². The minimum Gasteiger partial charge on any atom is -0.464 e. The number of hydrogen-bond donors (Lipinski definition) is 2. The topological polar surface area (TPSA) is 204 Å². The van der Waals surface area contributed by atoms with E-state index in [9.17, 15) is 18.9 Å². The number of carbonyl (C=O) groups excluding carboxylic acids is 3. The Labute approximate surface area is 297 Å². The van der Waals surface area contributed by atoms with Gasteiger partial charge in [-0.3, -0.25) is 23.9 Å². The standard InChI is InChI=1S/C34H47N6O10P/c1-7-23(8-2)18-45-33(43)22(5)39-51(44,50-24-14-12-11-13-15-24)46-20-34(19-36-6)31(48-28(42)10-4)30(47-27(41)9-3)29(49-34)25-16-17-26-32(35)37-21-38-40(25)26/h11-17,19,21-23,29-31H,7-10,18,20H2,1-6H3,(H,39,44)(H2,35,37,38)/b36-19-/t22-,29-,30-,31-,34+,51?/m0/s1. The summed E-state index contributed by atoms with van der Waals surface area (Å²) in [5.74, 6) is -1.37. The molecule has 16 nitrogen and oxygen atoms in total. The van der Waals surface area contributed by atoms with E-state index < -0.39 is 62.2 Å². The number of benzene rings is 1. The van der Waals surface area contributed by atoms with Crippen LogP contribution in [-0.2, 0) is 42.4 Å². The predicted octanol–water partition coefficient (Wildman–Crippen LogP) is 4.63. The summed E-state index contributed by atoms with van der Waals surface area (Å²) < 4.78 is 52.0. The van der Waals surface area contributed by atoms with E-state index in [4.69, 9.17) is 33.7 Å². The molecule has 0 radical (unpaired) electrons. The zero-order valence-corrected chi connectivity index (χ0v) is 30.6. The van der Waals surface area contributed by atoms with Crippen molar-refractivity contribution < 1.29 is 46.9 Å². The van der Waals surface area contributed by atoms with Crippen molar-refractivity contribution in [1.29, 1.82) is 0 Å². The number of rotatable bonds is 18. The van der Waals surface area contributed by atoms with Gasteiger partial charge in [-0.05, 0) is 37.1 Å². The first kappa shape index (κ1) is 39.4. The Morgan fingerprint density at radius 1 is 1.08 bits per heavy atom. The second-order valence-electron chi connectivity index (χ2n) is 12.0. The normalized spacial score (nSPS) is 22.1. The van der Waals surface area contributed by atoms with Crippen LogP contribution in [0.15, 0.2) is 53.8 Å². The number of aromatic nitrogens is 3. The highest BCUT2D eigenvalue weighted by Crippen LogP contribution is 2.49. The van der Waals surface area contributed by atoms with Crippen molar-refractivity contribution in [3.8, 4) is 5.75 Å².